The van der Waals surface area contributed by atoms with Gasteiger partial charge in [-0.05, 0) is 48.4 Å². The molecule has 1 aromatic rings. The van der Waals surface area contributed by atoms with Crippen molar-refractivity contribution in [3.05, 3.63) is 33.8 Å². The maximum absolute atomic E-state index is 3.57. The molecule has 1 unspecified atom stereocenters. The van der Waals surface area contributed by atoms with Crippen LogP contribution in [-0.4, -0.2) is 0 Å². The average molecular weight is 309 g/mol. The lowest BCUT2D eigenvalue weighted by Gasteiger charge is -2.08. The van der Waals surface area contributed by atoms with Crippen LogP contribution in [0.3, 0.4) is 0 Å². The third-order valence-corrected chi connectivity index (χ3v) is 4.64. The summed E-state index contributed by atoms with van der Waals surface area (Å²) in [6, 6.07) is 6.81. The van der Waals surface area contributed by atoms with Gasteiger partial charge >= 0.3 is 0 Å². The van der Waals surface area contributed by atoms with Crippen molar-refractivity contribution in [2.24, 2.45) is 5.92 Å². The first-order valence-electron chi connectivity index (χ1n) is 7.57. The monoisotopic (exact) mass is 308 g/mol. The summed E-state index contributed by atoms with van der Waals surface area (Å²) in [7, 11) is 0. The quantitative estimate of drug-likeness (QED) is 0.549. The molecule has 1 aromatic carbocycles. The zero-order valence-electron chi connectivity index (χ0n) is 11.6. The van der Waals surface area contributed by atoms with Crippen molar-refractivity contribution in [1.29, 1.82) is 0 Å². The molecular weight excluding hydrogens is 284 g/mol. The second-order valence-corrected chi connectivity index (χ2v) is 6.66. The van der Waals surface area contributed by atoms with Gasteiger partial charge in [0.2, 0.25) is 0 Å². The molecule has 0 radical (unpaired) electrons. The lowest BCUT2D eigenvalue weighted by molar-refractivity contribution is 0.469. The SMILES string of the molecule is CCCCCCCCC1Cc2ccc(Br)cc2C1. The number of hydrogen-bond acceptors (Lipinski definition) is 0. The molecule has 0 bridgehead atoms. The molecule has 0 spiro atoms. The van der Waals surface area contributed by atoms with Gasteiger partial charge in [-0.2, -0.15) is 0 Å². The van der Waals surface area contributed by atoms with Gasteiger partial charge in [0.05, 0.1) is 0 Å². The normalized spacial score (nSPS) is 18.0. The molecule has 1 heteroatoms. The highest BCUT2D eigenvalue weighted by Gasteiger charge is 2.20. The third kappa shape index (κ3) is 4.12. The van der Waals surface area contributed by atoms with Gasteiger partial charge in [-0.25, -0.2) is 0 Å². The average Bonchev–Trinajstić information content (AvgIpc) is 2.75. The topological polar surface area (TPSA) is 0 Å². The fraction of sp³-hybridized carbons (Fsp3) is 0.647. The van der Waals surface area contributed by atoms with Gasteiger partial charge in [0.15, 0.2) is 0 Å². The number of unbranched alkanes of at least 4 members (excludes halogenated alkanes) is 5. The molecule has 2 rings (SSSR count). The lowest BCUT2D eigenvalue weighted by Crippen LogP contribution is -1.99. The molecule has 0 aromatic heterocycles. The first-order valence-corrected chi connectivity index (χ1v) is 8.36. The summed E-state index contributed by atoms with van der Waals surface area (Å²) < 4.78 is 1.24. The fourth-order valence-corrected chi connectivity index (χ4v) is 3.50. The summed E-state index contributed by atoms with van der Waals surface area (Å²) in [5, 5.41) is 0. The molecule has 0 aliphatic heterocycles. The second kappa shape index (κ2) is 7.33. The number of halogens is 1. The van der Waals surface area contributed by atoms with Crippen molar-refractivity contribution < 1.29 is 0 Å². The molecule has 1 aliphatic carbocycles. The van der Waals surface area contributed by atoms with E-state index in [1.165, 1.54) is 62.3 Å². The van der Waals surface area contributed by atoms with E-state index in [-0.39, 0.29) is 0 Å². The minimum Gasteiger partial charge on any atom is -0.0654 e. The van der Waals surface area contributed by atoms with Crippen LogP contribution in [0, 0.1) is 5.92 Å². The van der Waals surface area contributed by atoms with Crippen LogP contribution in [0.2, 0.25) is 0 Å². The Morgan fingerprint density at radius 2 is 1.72 bits per heavy atom. The molecule has 18 heavy (non-hydrogen) atoms. The van der Waals surface area contributed by atoms with E-state index in [1.807, 2.05) is 0 Å². The molecule has 0 saturated heterocycles. The maximum Gasteiger partial charge on any atom is 0.0178 e. The lowest BCUT2D eigenvalue weighted by atomic mass is 9.98. The molecule has 0 nitrogen and oxygen atoms in total. The van der Waals surface area contributed by atoms with Crippen molar-refractivity contribution in [2.45, 2.75) is 64.7 Å². The Labute approximate surface area is 120 Å². The van der Waals surface area contributed by atoms with E-state index >= 15 is 0 Å². The van der Waals surface area contributed by atoms with Gasteiger partial charge in [0.25, 0.3) is 0 Å². The molecule has 1 atom stereocenters. The van der Waals surface area contributed by atoms with Crippen molar-refractivity contribution >= 4 is 15.9 Å². The highest BCUT2D eigenvalue weighted by atomic mass is 79.9. The van der Waals surface area contributed by atoms with Gasteiger partial charge in [-0.15, -0.1) is 0 Å². The van der Waals surface area contributed by atoms with Crippen LogP contribution < -0.4 is 0 Å². The highest BCUT2D eigenvalue weighted by molar-refractivity contribution is 9.10. The Morgan fingerprint density at radius 1 is 1.00 bits per heavy atom. The number of benzene rings is 1. The Hall–Kier alpha value is -0.300. The smallest absolute Gasteiger partial charge is 0.0178 e. The molecule has 1 aliphatic rings. The van der Waals surface area contributed by atoms with Gasteiger partial charge in [-0.3, -0.25) is 0 Å². The van der Waals surface area contributed by atoms with E-state index in [0.29, 0.717) is 0 Å². The first-order chi connectivity index (χ1) is 8.79. The van der Waals surface area contributed by atoms with E-state index < -0.39 is 0 Å². The molecule has 0 amide bonds. The van der Waals surface area contributed by atoms with E-state index in [4.69, 9.17) is 0 Å². The minimum atomic E-state index is 0.917. The Kier molecular flexibility index (Phi) is 5.75. The number of fused-ring (bicyclic) bond motifs is 1. The van der Waals surface area contributed by atoms with Crippen LogP contribution in [0.1, 0.15) is 63.0 Å². The Morgan fingerprint density at radius 3 is 2.56 bits per heavy atom. The van der Waals surface area contributed by atoms with Gasteiger partial charge in [0, 0.05) is 4.47 Å². The summed E-state index contributed by atoms with van der Waals surface area (Å²) in [5.74, 6) is 0.917. The third-order valence-electron chi connectivity index (χ3n) is 4.15. The van der Waals surface area contributed by atoms with Crippen molar-refractivity contribution in [3.63, 3.8) is 0 Å². The van der Waals surface area contributed by atoms with Crippen molar-refractivity contribution in [3.8, 4) is 0 Å². The summed E-state index contributed by atoms with van der Waals surface area (Å²) in [6.07, 6.45) is 12.6. The standard InChI is InChI=1S/C17H25Br/c1-2-3-4-5-6-7-8-14-11-15-9-10-17(18)13-16(15)12-14/h9-10,13-14H,2-8,11-12H2,1H3. The zero-order valence-corrected chi connectivity index (χ0v) is 13.1. The molecule has 100 valence electrons. The molecular formula is C17H25Br. The van der Waals surface area contributed by atoms with Gasteiger partial charge in [-0.1, -0.05) is 67.4 Å². The van der Waals surface area contributed by atoms with Crippen LogP contribution >= 0.6 is 15.9 Å². The maximum atomic E-state index is 3.57. The summed E-state index contributed by atoms with van der Waals surface area (Å²) in [4.78, 5) is 0. The van der Waals surface area contributed by atoms with Gasteiger partial charge in [0.1, 0.15) is 0 Å². The van der Waals surface area contributed by atoms with Crippen molar-refractivity contribution in [2.75, 3.05) is 0 Å². The Bertz CT molecular complexity index is 370. The second-order valence-electron chi connectivity index (χ2n) is 5.74. The van der Waals surface area contributed by atoms with E-state index in [0.717, 1.165) is 5.92 Å². The van der Waals surface area contributed by atoms with Gasteiger partial charge < -0.3 is 0 Å². The number of rotatable bonds is 7. The van der Waals surface area contributed by atoms with E-state index in [2.05, 4.69) is 41.1 Å². The molecule has 0 fully saturated rings. The largest absolute Gasteiger partial charge is 0.0654 e. The molecule has 0 saturated carbocycles. The summed E-state index contributed by atoms with van der Waals surface area (Å²) >= 11 is 3.57. The summed E-state index contributed by atoms with van der Waals surface area (Å²) in [5.41, 5.74) is 3.18. The van der Waals surface area contributed by atoms with Crippen LogP contribution in [0.15, 0.2) is 22.7 Å². The van der Waals surface area contributed by atoms with Crippen LogP contribution in [0.5, 0.6) is 0 Å². The zero-order chi connectivity index (χ0) is 12.8. The fourth-order valence-electron chi connectivity index (χ4n) is 3.10. The van der Waals surface area contributed by atoms with E-state index in [9.17, 15) is 0 Å². The van der Waals surface area contributed by atoms with Crippen LogP contribution in [0.4, 0.5) is 0 Å². The van der Waals surface area contributed by atoms with Crippen LogP contribution in [0.25, 0.3) is 0 Å². The molecule has 0 N–H and O–H groups in total. The minimum absolute atomic E-state index is 0.917. The predicted molar refractivity (Wildman–Crippen MR) is 83.0 cm³/mol. The van der Waals surface area contributed by atoms with Crippen LogP contribution in [-0.2, 0) is 12.8 Å². The predicted octanol–water partition coefficient (Wildman–Crippen LogP) is 5.91. The highest BCUT2D eigenvalue weighted by Crippen LogP contribution is 2.32. The van der Waals surface area contributed by atoms with Crippen molar-refractivity contribution in [1.82, 2.24) is 0 Å². The molecule has 0 heterocycles. The van der Waals surface area contributed by atoms with E-state index in [1.54, 1.807) is 11.1 Å². The Balaban J connectivity index is 1.65. The first kappa shape index (κ1) is 14.1. The number of hydrogen-bond donors (Lipinski definition) is 0. The summed E-state index contributed by atoms with van der Waals surface area (Å²) in [6.45, 7) is 2.29.